The van der Waals surface area contributed by atoms with Gasteiger partial charge in [-0.05, 0) is 32.6 Å². The molecule has 0 aromatic carbocycles. The SMILES string of the molecule is CCC(C)[C@H](NCC1CC(S)CN1)C(=O)NCCCOC(C)C. The highest BCUT2D eigenvalue weighted by Crippen LogP contribution is 2.13. The number of hydrogen-bond acceptors (Lipinski definition) is 5. The lowest BCUT2D eigenvalue weighted by atomic mass is 9.98. The third-order valence-electron chi connectivity index (χ3n) is 4.35. The molecule has 1 aliphatic rings. The number of hydrogen-bond donors (Lipinski definition) is 4. The first-order valence-corrected chi connectivity index (χ1v) is 9.49. The van der Waals surface area contributed by atoms with Crippen molar-refractivity contribution in [3.05, 3.63) is 0 Å². The Kier molecular flexibility index (Phi) is 10.2. The lowest BCUT2D eigenvalue weighted by molar-refractivity contribution is -0.124. The van der Waals surface area contributed by atoms with Crippen LogP contribution in [0.15, 0.2) is 0 Å². The van der Waals surface area contributed by atoms with E-state index in [1.165, 1.54) is 0 Å². The second kappa shape index (κ2) is 11.3. The molecule has 1 aliphatic heterocycles. The summed E-state index contributed by atoms with van der Waals surface area (Å²) in [5.74, 6) is 0.416. The van der Waals surface area contributed by atoms with Gasteiger partial charge in [0.05, 0.1) is 12.1 Å². The maximum atomic E-state index is 12.5. The summed E-state index contributed by atoms with van der Waals surface area (Å²) >= 11 is 4.49. The highest BCUT2D eigenvalue weighted by molar-refractivity contribution is 7.81. The summed E-state index contributed by atoms with van der Waals surface area (Å²) in [6, 6.07) is 0.281. The van der Waals surface area contributed by atoms with Crippen LogP contribution >= 0.6 is 12.6 Å². The summed E-state index contributed by atoms with van der Waals surface area (Å²) in [6.45, 7) is 11.4. The van der Waals surface area contributed by atoms with Crippen molar-refractivity contribution in [3.63, 3.8) is 0 Å². The Hall–Kier alpha value is -0.300. The summed E-state index contributed by atoms with van der Waals surface area (Å²) in [5.41, 5.74) is 0. The molecular weight excluding hydrogens is 310 g/mol. The van der Waals surface area contributed by atoms with Crippen molar-refractivity contribution in [2.75, 3.05) is 26.2 Å². The largest absolute Gasteiger partial charge is 0.379 e. The fraction of sp³-hybridized carbons (Fsp3) is 0.941. The number of ether oxygens (including phenoxy) is 1. The third-order valence-corrected chi connectivity index (χ3v) is 4.74. The minimum atomic E-state index is -0.133. The molecule has 1 rings (SSSR count). The van der Waals surface area contributed by atoms with Crippen molar-refractivity contribution in [2.24, 2.45) is 5.92 Å². The molecule has 1 heterocycles. The zero-order valence-corrected chi connectivity index (χ0v) is 16.0. The lowest BCUT2D eigenvalue weighted by Gasteiger charge is -2.25. The van der Waals surface area contributed by atoms with Crippen LogP contribution in [-0.4, -0.2) is 55.6 Å². The Labute approximate surface area is 147 Å². The Bertz CT molecular complexity index is 342. The first kappa shape index (κ1) is 20.7. The van der Waals surface area contributed by atoms with Crippen molar-refractivity contribution in [2.45, 2.75) is 70.4 Å². The van der Waals surface area contributed by atoms with Crippen LogP contribution in [0.3, 0.4) is 0 Å². The summed E-state index contributed by atoms with van der Waals surface area (Å²) in [4.78, 5) is 12.5. The monoisotopic (exact) mass is 345 g/mol. The molecule has 0 saturated carbocycles. The van der Waals surface area contributed by atoms with Crippen molar-refractivity contribution >= 4 is 18.5 Å². The first-order chi connectivity index (χ1) is 10.9. The number of amides is 1. The molecule has 23 heavy (non-hydrogen) atoms. The average Bonchev–Trinajstić information content (AvgIpc) is 2.92. The van der Waals surface area contributed by atoms with E-state index in [2.05, 4.69) is 42.4 Å². The number of carbonyl (C=O) groups is 1. The predicted octanol–water partition coefficient (Wildman–Crippen LogP) is 1.58. The molecule has 3 unspecified atom stereocenters. The molecule has 0 aliphatic carbocycles. The number of carbonyl (C=O) groups excluding carboxylic acids is 1. The van der Waals surface area contributed by atoms with E-state index in [4.69, 9.17) is 4.74 Å². The summed E-state index contributed by atoms with van der Waals surface area (Å²) in [5, 5.41) is 10.4. The zero-order valence-electron chi connectivity index (χ0n) is 15.1. The standard InChI is InChI=1S/C17H35N3O2S/c1-5-13(4)16(20-10-14-9-15(23)11-19-14)17(21)18-7-6-8-22-12(2)3/h12-16,19-20,23H,5-11H2,1-4H3,(H,18,21)/t13?,14?,15?,16-/m0/s1. The summed E-state index contributed by atoms with van der Waals surface area (Å²) < 4.78 is 5.50. The molecule has 5 nitrogen and oxygen atoms in total. The minimum absolute atomic E-state index is 0.101. The van der Waals surface area contributed by atoms with Gasteiger partial charge in [-0.15, -0.1) is 0 Å². The van der Waals surface area contributed by atoms with Gasteiger partial charge in [-0.1, -0.05) is 20.3 Å². The average molecular weight is 346 g/mol. The van der Waals surface area contributed by atoms with Crippen LogP contribution in [0.4, 0.5) is 0 Å². The lowest BCUT2D eigenvalue weighted by Crippen LogP contribution is -2.51. The fourth-order valence-corrected chi connectivity index (χ4v) is 3.08. The topological polar surface area (TPSA) is 62.4 Å². The maximum Gasteiger partial charge on any atom is 0.237 e. The van der Waals surface area contributed by atoms with Crippen molar-refractivity contribution in [1.82, 2.24) is 16.0 Å². The molecule has 0 aromatic heterocycles. The molecule has 1 fully saturated rings. The van der Waals surface area contributed by atoms with Crippen LogP contribution in [0.25, 0.3) is 0 Å². The number of nitrogens with one attached hydrogen (secondary N) is 3. The van der Waals surface area contributed by atoms with Gasteiger partial charge in [-0.2, -0.15) is 12.6 Å². The van der Waals surface area contributed by atoms with Gasteiger partial charge in [0.2, 0.25) is 5.91 Å². The first-order valence-electron chi connectivity index (χ1n) is 8.98. The fourth-order valence-electron chi connectivity index (χ4n) is 2.72. The Morgan fingerprint density at radius 3 is 2.70 bits per heavy atom. The van der Waals surface area contributed by atoms with Gasteiger partial charge in [0.15, 0.2) is 0 Å². The Balaban J connectivity index is 2.32. The quantitative estimate of drug-likeness (QED) is 0.339. The van der Waals surface area contributed by atoms with Crippen molar-refractivity contribution in [3.8, 4) is 0 Å². The van der Waals surface area contributed by atoms with Crippen molar-refractivity contribution < 1.29 is 9.53 Å². The van der Waals surface area contributed by atoms with E-state index in [-0.39, 0.29) is 18.1 Å². The Morgan fingerprint density at radius 2 is 2.13 bits per heavy atom. The Morgan fingerprint density at radius 1 is 1.39 bits per heavy atom. The van der Waals surface area contributed by atoms with Gasteiger partial charge < -0.3 is 20.7 Å². The maximum absolute atomic E-state index is 12.5. The van der Waals surface area contributed by atoms with E-state index >= 15 is 0 Å². The van der Waals surface area contributed by atoms with E-state index in [9.17, 15) is 4.79 Å². The van der Waals surface area contributed by atoms with Crippen LogP contribution in [0, 0.1) is 5.92 Å². The van der Waals surface area contributed by atoms with E-state index in [1.807, 2.05) is 13.8 Å². The van der Waals surface area contributed by atoms with Crippen LogP contribution in [-0.2, 0) is 9.53 Å². The van der Waals surface area contributed by atoms with Gasteiger partial charge in [0, 0.05) is 37.5 Å². The number of thiol groups is 1. The van der Waals surface area contributed by atoms with Gasteiger partial charge in [0.1, 0.15) is 0 Å². The van der Waals surface area contributed by atoms with Gasteiger partial charge in [0.25, 0.3) is 0 Å². The molecular formula is C17H35N3O2S. The van der Waals surface area contributed by atoms with Gasteiger partial charge >= 0.3 is 0 Å². The molecule has 1 amide bonds. The highest BCUT2D eigenvalue weighted by Gasteiger charge is 2.26. The molecule has 0 aromatic rings. The molecule has 6 heteroatoms. The summed E-state index contributed by atoms with van der Waals surface area (Å²) in [7, 11) is 0. The molecule has 136 valence electrons. The van der Waals surface area contributed by atoms with E-state index in [0.717, 1.165) is 32.4 Å². The van der Waals surface area contributed by atoms with Crippen LogP contribution in [0.5, 0.6) is 0 Å². The molecule has 3 N–H and O–H groups in total. The van der Waals surface area contributed by atoms with Crippen molar-refractivity contribution in [1.29, 1.82) is 0 Å². The van der Waals surface area contributed by atoms with Crippen LogP contribution < -0.4 is 16.0 Å². The molecule has 1 saturated heterocycles. The number of rotatable bonds is 11. The van der Waals surface area contributed by atoms with E-state index in [0.29, 0.717) is 30.4 Å². The normalized spacial score (nSPS) is 23.9. The summed E-state index contributed by atoms with van der Waals surface area (Å²) in [6.07, 6.45) is 3.13. The van der Waals surface area contributed by atoms with Crippen LogP contribution in [0.2, 0.25) is 0 Å². The second-order valence-electron chi connectivity index (χ2n) is 6.83. The molecule has 4 atom stereocenters. The highest BCUT2D eigenvalue weighted by atomic mass is 32.1. The van der Waals surface area contributed by atoms with Gasteiger partial charge in [-0.25, -0.2) is 0 Å². The molecule has 0 bridgehead atoms. The molecule has 0 spiro atoms. The third kappa shape index (κ3) is 8.38. The second-order valence-corrected chi connectivity index (χ2v) is 7.56. The molecule has 0 radical (unpaired) electrons. The van der Waals surface area contributed by atoms with E-state index < -0.39 is 0 Å². The van der Waals surface area contributed by atoms with E-state index in [1.54, 1.807) is 0 Å². The predicted molar refractivity (Wildman–Crippen MR) is 99.1 cm³/mol. The van der Waals surface area contributed by atoms with Crippen LogP contribution in [0.1, 0.15) is 47.0 Å². The van der Waals surface area contributed by atoms with Gasteiger partial charge in [-0.3, -0.25) is 4.79 Å². The smallest absolute Gasteiger partial charge is 0.237 e. The minimum Gasteiger partial charge on any atom is -0.379 e. The zero-order chi connectivity index (χ0) is 17.2.